The van der Waals surface area contributed by atoms with Gasteiger partial charge in [-0.1, -0.05) is 0 Å². The Morgan fingerprint density at radius 2 is 1.29 bits per heavy atom. The van der Waals surface area contributed by atoms with Crippen molar-refractivity contribution in [2.24, 2.45) is 5.73 Å². The van der Waals surface area contributed by atoms with Crippen molar-refractivity contribution in [3.05, 3.63) is 0 Å². The maximum atomic E-state index is 11.9. The van der Waals surface area contributed by atoms with Gasteiger partial charge in [-0.05, 0) is 48.5 Å². The van der Waals surface area contributed by atoms with Crippen LogP contribution in [0.25, 0.3) is 0 Å². The number of carbonyl (C=O) groups is 2. The number of nitrogens with zero attached hydrogens (tertiary/aromatic N) is 1. The van der Waals surface area contributed by atoms with Crippen LogP contribution in [0.3, 0.4) is 0 Å². The van der Waals surface area contributed by atoms with Gasteiger partial charge in [0.15, 0.2) is 0 Å². The fraction of sp³-hybridized carbons (Fsp3) is 0.867. The molecule has 0 aromatic rings. The van der Waals surface area contributed by atoms with Crippen LogP contribution >= 0.6 is 0 Å². The second-order valence-corrected chi connectivity index (χ2v) is 7.32. The van der Waals surface area contributed by atoms with Gasteiger partial charge in [-0.3, -0.25) is 14.5 Å². The van der Waals surface area contributed by atoms with E-state index in [1.165, 1.54) is 0 Å². The van der Waals surface area contributed by atoms with Gasteiger partial charge >= 0.3 is 11.9 Å². The molecular formula is C15H30N2O4. The third kappa shape index (κ3) is 12.3. The van der Waals surface area contributed by atoms with E-state index in [-0.39, 0.29) is 31.1 Å². The maximum absolute atomic E-state index is 11.9. The zero-order valence-electron chi connectivity index (χ0n) is 14.4. The number of ether oxygens (including phenoxy) is 2. The highest BCUT2D eigenvalue weighted by Crippen LogP contribution is 2.09. The van der Waals surface area contributed by atoms with Crippen LogP contribution in [0.15, 0.2) is 0 Å². The van der Waals surface area contributed by atoms with Crippen LogP contribution in [0.2, 0.25) is 0 Å². The van der Waals surface area contributed by atoms with Crippen molar-refractivity contribution >= 4 is 11.9 Å². The van der Waals surface area contributed by atoms with Crippen molar-refractivity contribution in [3.63, 3.8) is 0 Å². The number of rotatable bonds is 6. The quantitative estimate of drug-likeness (QED) is 0.745. The van der Waals surface area contributed by atoms with Gasteiger partial charge in [-0.15, -0.1) is 0 Å². The molecule has 1 unspecified atom stereocenters. The van der Waals surface area contributed by atoms with Crippen LogP contribution in [0.5, 0.6) is 0 Å². The Morgan fingerprint density at radius 3 is 1.52 bits per heavy atom. The van der Waals surface area contributed by atoms with Gasteiger partial charge in [0.1, 0.15) is 11.2 Å². The molecule has 0 aromatic carbocycles. The number of hydrogen-bond acceptors (Lipinski definition) is 6. The third-order valence-electron chi connectivity index (χ3n) is 2.09. The van der Waals surface area contributed by atoms with Gasteiger partial charge in [-0.25, -0.2) is 0 Å². The normalized spacial score (nSPS) is 14.0. The molecule has 1 atom stereocenters. The smallest absolute Gasteiger partial charge is 0.320 e. The van der Waals surface area contributed by atoms with Crippen molar-refractivity contribution in [2.75, 3.05) is 19.6 Å². The molecule has 6 heteroatoms. The molecule has 0 aliphatic rings. The number of nitrogens with two attached hydrogens (primary N) is 1. The van der Waals surface area contributed by atoms with Crippen molar-refractivity contribution in [2.45, 2.75) is 65.7 Å². The van der Waals surface area contributed by atoms with Crippen molar-refractivity contribution in [1.29, 1.82) is 0 Å². The molecule has 124 valence electrons. The first-order valence-corrected chi connectivity index (χ1v) is 7.20. The van der Waals surface area contributed by atoms with Gasteiger partial charge in [0.25, 0.3) is 0 Å². The average Bonchev–Trinajstić information content (AvgIpc) is 2.07. The largest absolute Gasteiger partial charge is 0.459 e. The first-order valence-electron chi connectivity index (χ1n) is 7.20. The van der Waals surface area contributed by atoms with E-state index in [0.29, 0.717) is 6.54 Å². The summed E-state index contributed by atoms with van der Waals surface area (Å²) >= 11 is 0. The van der Waals surface area contributed by atoms with E-state index in [4.69, 9.17) is 15.2 Å². The Hall–Kier alpha value is -1.14. The summed E-state index contributed by atoms with van der Waals surface area (Å²) in [7, 11) is 0. The van der Waals surface area contributed by atoms with Gasteiger partial charge in [0.2, 0.25) is 0 Å². The SMILES string of the molecule is CC(N)CN(CC(=O)OC(C)(C)C)CC(=O)OC(C)(C)C. The molecule has 2 N–H and O–H groups in total. The number of esters is 2. The van der Waals surface area contributed by atoms with Gasteiger partial charge in [0, 0.05) is 12.6 Å². The summed E-state index contributed by atoms with van der Waals surface area (Å²) in [5.74, 6) is -0.765. The Balaban J connectivity index is 4.59. The molecule has 0 rings (SSSR count). The van der Waals surface area contributed by atoms with Crippen LogP contribution in [-0.4, -0.2) is 53.7 Å². The summed E-state index contributed by atoms with van der Waals surface area (Å²) in [5, 5.41) is 0. The molecule has 0 heterocycles. The molecule has 0 aliphatic heterocycles. The topological polar surface area (TPSA) is 81.9 Å². The van der Waals surface area contributed by atoms with E-state index < -0.39 is 11.2 Å². The minimum Gasteiger partial charge on any atom is -0.459 e. The first kappa shape index (κ1) is 19.9. The summed E-state index contributed by atoms with van der Waals surface area (Å²) in [6, 6.07) is -0.158. The lowest BCUT2D eigenvalue weighted by Gasteiger charge is -2.27. The Morgan fingerprint density at radius 1 is 0.952 bits per heavy atom. The molecule has 0 bridgehead atoms. The number of carbonyl (C=O) groups excluding carboxylic acids is 2. The standard InChI is InChI=1S/C15H30N2O4/c1-11(16)8-17(9-12(18)20-14(2,3)4)10-13(19)21-15(5,6)7/h11H,8-10,16H2,1-7H3. The zero-order chi connectivity index (χ0) is 16.8. The second-order valence-electron chi connectivity index (χ2n) is 7.32. The van der Waals surface area contributed by atoms with Crippen LogP contribution in [0, 0.1) is 0 Å². The Kier molecular flexibility index (Phi) is 7.33. The Bertz CT molecular complexity index is 324. The molecule has 6 nitrogen and oxygen atoms in total. The van der Waals surface area contributed by atoms with Gasteiger partial charge < -0.3 is 15.2 Å². The molecule has 0 radical (unpaired) electrons. The van der Waals surface area contributed by atoms with Crippen molar-refractivity contribution in [3.8, 4) is 0 Å². The zero-order valence-corrected chi connectivity index (χ0v) is 14.4. The molecule has 0 amide bonds. The van der Waals surface area contributed by atoms with E-state index in [2.05, 4.69) is 0 Å². The molecule has 0 saturated carbocycles. The van der Waals surface area contributed by atoms with Crippen LogP contribution in [0.1, 0.15) is 48.5 Å². The summed E-state index contributed by atoms with van der Waals surface area (Å²) in [4.78, 5) is 25.4. The first-order chi connectivity index (χ1) is 9.28. The number of hydrogen-bond donors (Lipinski definition) is 1. The third-order valence-corrected chi connectivity index (χ3v) is 2.09. The molecular weight excluding hydrogens is 272 g/mol. The average molecular weight is 302 g/mol. The van der Waals surface area contributed by atoms with Crippen LogP contribution in [-0.2, 0) is 19.1 Å². The van der Waals surface area contributed by atoms with Crippen LogP contribution < -0.4 is 5.73 Å². The van der Waals surface area contributed by atoms with Gasteiger partial charge in [-0.2, -0.15) is 0 Å². The van der Waals surface area contributed by atoms with Gasteiger partial charge in [0.05, 0.1) is 13.1 Å². The fourth-order valence-corrected chi connectivity index (χ4v) is 1.70. The Labute approximate surface area is 127 Å². The predicted molar refractivity (Wildman–Crippen MR) is 81.8 cm³/mol. The van der Waals surface area contributed by atoms with Crippen molar-refractivity contribution in [1.82, 2.24) is 4.90 Å². The fourth-order valence-electron chi connectivity index (χ4n) is 1.70. The molecule has 0 fully saturated rings. The van der Waals surface area contributed by atoms with E-state index >= 15 is 0 Å². The molecule has 21 heavy (non-hydrogen) atoms. The second kappa shape index (κ2) is 7.75. The minimum absolute atomic E-state index is 0.0120. The summed E-state index contributed by atoms with van der Waals surface area (Å²) in [5.41, 5.74) is 4.65. The highest BCUT2D eigenvalue weighted by atomic mass is 16.6. The lowest BCUT2D eigenvalue weighted by atomic mass is 10.2. The summed E-state index contributed by atoms with van der Waals surface area (Å²) in [6.45, 7) is 13.1. The molecule has 0 aliphatic carbocycles. The molecule has 0 aromatic heterocycles. The van der Waals surface area contributed by atoms with Crippen molar-refractivity contribution < 1.29 is 19.1 Å². The van der Waals surface area contributed by atoms with E-state index in [1.807, 2.05) is 6.92 Å². The predicted octanol–water partition coefficient (Wildman–Crippen LogP) is 1.32. The highest BCUT2D eigenvalue weighted by molar-refractivity contribution is 5.75. The lowest BCUT2D eigenvalue weighted by molar-refractivity contribution is -0.159. The lowest BCUT2D eigenvalue weighted by Crippen LogP contribution is -2.44. The summed E-state index contributed by atoms with van der Waals surface area (Å²) < 4.78 is 10.5. The molecule has 0 spiro atoms. The maximum Gasteiger partial charge on any atom is 0.320 e. The highest BCUT2D eigenvalue weighted by Gasteiger charge is 2.23. The van der Waals surface area contributed by atoms with E-state index in [9.17, 15) is 9.59 Å². The minimum atomic E-state index is -0.553. The van der Waals surface area contributed by atoms with E-state index in [0.717, 1.165) is 0 Å². The van der Waals surface area contributed by atoms with Crippen LogP contribution in [0.4, 0.5) is 0 Å². The monoisotopic (exact) mass is 302 g/mol. The molecule has 0 saturated heterocycles. The summed E-state index contributed by atoms with van der Waals surface area (Å²) in [6.07, 6.45) is 0. The van der Waals surface area contributed by atoms with E-state index in [1.54, 1.807) is 46.4 Å².